The molecule has 0 radical (unpaired) electrons. The van der Waals surface area contributed by atoms with Gasteiger partial charge in [-0.3, -0.25) is 14.3 Å². The molecule has 0 saturated heterocycles. The van der Waals surface area contributed by atoms with Crippen molar-refractivity contribution in [2.24, 2.45) is 0 Å². The van der Waals surface area contributed by atoms with Crippen molar-refractivity contribution < 1.29 is 13.9 Å². The molecular weight excluding hydrogens is 380 g/mol. The second kappa shape index (κ2) is 6.97. The Morgan fingerprint density at radius 3 is 2.64 bits per heavy atom. The highest BCUT2D eigenvalue weighted by Crippen LogP contribution is 2.30. The van der Waals surface area contributed by atoms with Crippen LogP contribution in [0.15, 0.2) is 55.8 Å². The number of esters is 1. The zero-order valence-electron chi connectivity index (χ0n) is 15.1. The average molecular weight is 396 g/mol. The van der Waals surface area contributed by atoms with E-state index in [4.69, 9.17) is 4.42 Å². The number of H-pyrrole nitrogens is 1. The average Bonchev–Trinajstić information content (AvgIpc) is 3.32. The van der Waals surface area contributed by atoms with E-state index < -0.39 is 17.2 Å². The normalized spacial score (nSPS) is 11.1. The van der Waals surface area contributed by atoms with Crippen LogP contribution in [0.25, 0.3) is 21.3 Å². The van der Waals surface area contributed by atoms with Crippen LogP contribution in [0, 0.1) is 6.92 Å². The maximum Gasteiger partial charge on any atom is 0.373 e. The quantitative estimate of drug-likeness (QED) is 0.535. The molecule has 1 aromatic carbocycles. The van der Waals surface area contributed by atoms with Gasteiger partial charge in [0, 0.05) is 10.9 Å². The molecular formula is C20H16N2O5S. The molecule has 0 saturated carbocycles. The van der Waals surface area contributed by atoms with Crippen molar-refractivity contribution in [3.8, 4) is 11.1 Å². The first kappa shape index (κ1) is 18.0. The van der Waals surface area contributed by atoms with Crippen LogP contribution < -0.4 is 11.2 Å². The minimum atomic E-state index is -0.623. The topological polar surface area (TPSA) is 94.3 Å². The summed E-state index contributed by atoms with van der Waals surface area (Å²) in [5.74, 6) is -0.305. The van der Waals surface area contributed by atoms with Crippen molar-refractivity contribution in [2.45, 2.75) is 13.5 Å². The Morgan fingerprint density at radius 1 is 1.18 bits per heavy atom. The molecule has 4 rings (SSSR count). The summed E-state index contributed by atoms with van der Waals surface area (Å²) in [5, 5.41) is 2.31. The van der Waals surface area contributed by atoms with Crippen molar-refractivity contribution in [1.82, 2.24) is 9.55 Å². The first-order valence-corrected chi connectivity index (χ1v) is 9.34. The molecule has 0 unspecified atom stereocenters. The van der Waals surface area contributed by atoms with E-state index in [1.165, 1.54) is 30.6 Å². The summed E-state index contributed by atoms with van der Waals surface area (Å²) in [6.45, 7) is 1.90. The molecule has 8 heteroatoms. The van der Waals surface area contributed by atoms with E-state index in [1.54, 1.807) is 0 Å². The lowest BCUT2D eigenvalue weighted by molar-refractivity contribution is 0.0563. The lowest BCUT2D eigenvalue weighted by Gasteiger charge is -2.05. The number of fused-ring (bicyclic) bond motifs is 1. The van der Waals surface area contributed by atoms with Gasteiger partial charge in [0.15, 0.2) is 0 Å². The third-order valence-corrected chi connectivity index (χ3v) is 5.34. The fourth-order valence-corrected chi connectivity index (χ4v) is 3.92. The lowest BCUT2D eigenvalue weighted by Crippen LogP contribution is -2.35. The minimum Gasteiger partial charge on any atom is -0.463 e. The number of carbonyl (C=O) groups is 1. The van der Waals surface area contributed by atoms with Gasteiger partial charge in [-0.25, -0.2) is 9.59 Å². The number of rotatable bonds is 4. The highest BCUT2D eigenvalue weighted by Gasteiger charge is 2.17. The summed E-state index contributed by atoms with van der Waals surface area (Å²) < 4.78 is 11.0. The number of nitrogens with zero attached hydrogens (tertiary/aromatic N) is 1. The van der Waals surface area contributed by atoms with Crippen LogP contribution >= 0.6 is 11.3 Å². The van der Waals surface area contributed by atoms with Crippen molar-refractivity contribution in [3.05, 3.63) is 79.7 Å². The van der Waals surface area contributed by atoms with Gasteiger partial charge >= 0.3 is 11.7 Å². The molecule has 0 spiro atoms. The molecule has 7 nitrogen and oxygen atoms in total. The summed E-state index contributed by atoms with van der Waals surface area (Å²) in [7, 11) is 1.25. The van der Waals surface area contributed by atoms with Gasteiger partial charge in [0.25, 0.3) is 5.56 Å². The highest BCUT2D eigenvalue weighted by molar-refractivity contribution is 7.17. The fourth-order valence-electron chi connectivity index (χ4n) is 2.97. The number of methoxy groups -OCH3 is 1. The second-order valence-electron chi connectivity index (χ2n) is 6.30. The van der Waals surface area contributed by atoms with Crippen LogP contribution in [0.4, 0.5) is 0 Å². The molecule has 0 bridgehead atoms. The zero-order valence-corrected chi connectivity index (χ0v) is 16.0. The summed E-state index contributed by atoms with van der Waals surface area (Å²) in [4.78, 5) is 40.3. The Hall–Kier alpha value is -3.39. The van der Waals surface area contributed by atoms with E-state index in [2.05, 4.69) is 9.72 Å². The van der Waals surface area contributed by atoms with E-state index in [0.717, 1.165) is 21.3 Å². The molecule has 3 heterocycles. The number of aryl methyl sites for hydroxylation is 1. The van der Waals surface area contributed by atoms with Crippen molar-refractivity contribution in [1.29, 1.82) is 0 Å². The van der Waals surface area contributed by atoms with Gasteiger partial charge in [0.05, 0.1) is 19.0 Å². The van der Waals surface area contributed by atoms with E-state index in [-0.39, 0.29) is 12.3 Å². The number of thiophene rings is 1. The van der Waals surface area contributed by atoms with Crippen LogP contribution in [0.1, 0.15) is 21.9 Å². The molecule has 3 aromatic heterocycles. The number of nitrogens with one attached hydrogen (secondary N) is 1. The van der Waals surface area contributed by atoms with Crippen LogP contribution in [0.5, 0.6) is 0 Å². The molecule has 1 N–H and O–H groups in total. The molecule has 0 aliphatic rings. The SMILES string of the molecule is COC(=O)c1ccc(Cn2c(=O)[nH]c3scc(-c4ccc(C)cc4)c3c2=O)o1. The number of hydrogen-bond acceptors (Lipinski definition) is 6. The maximum atomic E-state index is 13.1. The maximum absolute atomic E-state index is 13.1. The number of aromatic amines is 1. The van der Waals surface area contributed by atoms with E-state index >= 15 is 0 Å². The van der Waals surface area contributed by atoms with Gasteiger partial charge in [0.2, 0.25) is 5.76 Å². The van der Waals surface area contributed by atoms with Crippen LogP contribution in [-0.4, -0.2) is 22.6 Å². The molecule has 4 aromatic rings. The third-order valence-electron chi connectivity index (χ3n) is 4.44. The van der Waals surface area contributed by atoms with Gasteiger partial charge in [-0.2, -0.15) is 0 Å². The Morgan fingerprint density at radius 2 is 1.93 bits per heavy atom. The van der Waals surface area contributed by atoms with Crippen molar-refractivity contribution in [2.75, 3.05) is 7.11 Å². The zero-order chi connectivity index (χ0) is 19.8. The standard InChI is InChI=1S/C20H16N2O5S/c1-11-3-5-12(6-4-11)14-10-28-17-16(14)18(23)22(20(25)21-17)9-13-7-8-15(27-13)19(24)26-2/h3-8,10H,9H2,1-2H3,(H,21,25). The van der Waals surface area contributed by atoms with Gasteiger partial charge in [-0.1, -0.05) is 29.8 Å². The van der Waals surface area contributed by atoms with Crippen molar-refractivity contribution in [3.63, 3.8) is 0 Å². The summed E-state index contributed by atoms with van der Waals surface area (Å²) >= 11 is 1.31. The van der Waals surface area contributed by atoms with Crippen LogP contribution in [0.2, 0.25) is 0 Å². The molecule has 0 fully saturated rings. The smallest absolute Gasteiger partial charge is 0.373 e. The highest BCUT2D eigenvalue weighted by atomic mass is 32.1. The summed E-state index contributed by atoms with van der Waals surface area (Å²) in [5.41, 5.74) is 1.84. The largest absolute Gasteiger partial charge is 0.463 e. The fraction of sp³-hybridized carbons (Fsp3) is 0.150. The van der Waals surface area contributed by atoms with Crippen molar-refractivity contribution >= 4 is 27.5 Å². The lowest BCUT2D eigenvalue weighted by atomic mass is 10.1. The van der Waals surface area contributed by atoms with E-state index in [1.807, 2.05) is 36.6 Å². The third kappa shape index (κ3) is 3.07. The van der Waals surface area contributed by atoms with Gasteiger partial charge in [0.1, 0.15) is 10.6 Å². The van der Waals surface area contributed by atoms with E-state index in [0.29, 0.717) is 16.0 Å². The predicted octanol–water partition coefficient (Wildman–Crippen LogP) is 3.15. The molecule has 0 aliphatic heterocycles. The number of furan rings is 1. The Bertz CT molecular complexity index is 1290. The Kier molecular flexibility index (Phi) is 4.48. The number of hydrogen-bond donors (Lipinski definition) is 1. The van der Waals surface area contributed by atoms with Gasteiger partial charge < -0.3 is 9.15 Å². The predicted molar refractivity (Wildman–Crippen MR) is 106 cm³/mol. The Balaban J connectivity index is 1.81. The Labute approximate surface area is 162 Å². The molecule has 0 amide bonds. The van der Waals surface area contributed by atoms with Gasteiger partial charge in [-0.05, 0) is 24.6 Å². The van der Waals surface area contributed by atoms with Gasteiger partial charge in [-0.15, -0.1) is 11.3 Å². The monoisotopic (exact) mass is 396 g/mol. The summed E-state index contributed by atoms with van der Waals surface area (Å²) in [6.07, 6.45) is 0. The van der Waals surface area contributed by atoms with Crippen LogP contribution in [0.3, 0.4) is 0 Å². The summed E-state index contributed by atoms with van der Waals surface area (Å²) in [6, 6.07) is 10.8. The first-order chi connectivity index (χ1) is 13.5. The number of carbonyl (C=O) groups excluding carboxylic acids is 1. The minimum absolute atomic E-state index is 0.0129. The number of benzene rings is 1. The van der Waals surface area contributed by atoms with Crippen LogP contribution in [-0.2, 0) is 11.3 Å². The number of ether oxygens (including phenoxy) is 1. The number of aromatic nitrogens is 2. The second-order valence-corrected chi connectivity index (χ2v) is 7.18. The molecule has 0 aliphatic carbocycles. The molecule has 0 atom stereocenters. The first-order valence-electron chi connectivity index (χ1n) is 8.46. The molecule has 28 heavy (non-hydrogen) atoms. The van der Waals surface area contributed by atoms with E-state index in [9.17, 15) is 14.4 Å². The molecule has 142 valence electrons.